The first-order chi connectivity index (χ1) is 7.77. The summed E-state index contributed by atoms with van der Waals surface area (Å²) in [6, 6.07) is -0.0876. The lowest BCUT2D eigenvalue weighted by atomic mass is 10.3. The van der Waals surface area contributed by atoms with Crippen LogP contribution in [0.1, 0.15) is 37.2 Å². The van der Waals surface area contributed by atoms with Gasteiger partial charge in [-0.1, -0.05) is 0 Å². The van der Waals surface area contributed by atoms with Crippen molar-refractivity contribution in [3.8, 4) is 0 Å². The summed E-state index contributed by atoms with van der Waals surface area (Å²) < 4.78 is 28.7. The minimum Gasteiger partial charge on any atom is -0.462 e. The highest BCUT2D eigenvalue weighted by Crippen LogP contribution is 2.20. The zero-order chi connectivity index (χ0) is 13.2. The number of carbonyl (C=O) groups is 1. The molecule has 0 aliphatic carbocycles. The number of hydrogen-bond acceptors (Lipinski definition) is 5. The van der Waals surface area contributed by atoms with Crippen molar-refractivity contribution in [2.75, 3.05) is 6.61 Å². The molecule has 0 aromatic carbocycles. The summed E-state index contributed by atoms with van der Waals surface area (Å²) in [6.07, 6.45) is 1.32. The van der Waals surface area contributed by atoms with Gasteiger partial charge in [-0.2, -0.15) is 5.10 Å². The number of esters is 1. The lowest BCUT2D eigenvalue weighted by Crippen LogP contribution is -2.07. The van der Waals surface area contributed by atoms with Crippen molar-refractivity contribution in [3.05, 3.63) is 11.8 Å². The fourth-order valence-electron chi connectivity index (χ4n) is 1.17. The maximum atomic E-state index is 11.5. The maximum Gasteiger partial charge on any atom is 0.342 e. The summed E-state index contributed by atoms with van der Waals surface area (Å²) in [5, 5.41) is 3.31. The van der Waals surface area contributed by atoms with E-state index in [1.165, 1.54) is 10.9 Å². The highest BCUT2D eigenvalue weighted by atomic mass is 35.7. The minimum absolute atomic E-state index is 0.0876. The van der Waals surface area contributed by atoms with Gasteiger partial charge in [0.15, 0.2) is 0 Å². The van der Waals surface area contributed by atoms with E-state index in [0.717, 1.165) is 0 Å². The Bertz CT molecular complexity index is 521. The highest BCUT2D eigenvalue weighted by Gasteiger charge is 2.26. The highest BCUT2D eigenvalue weighted by molar-refractivity contribution is 8.13. The van der Waals surface area contributed by atoms with E-state index >= 15 is 0 Å². The Morgan fingerprint density at radius 3 is 2.59 bits per heavy atom. The molecule has 0 spiro atoms. The monoisotopic (exact) mass is 280 g/mol. The normalized spacial score (nSPS) is 11.8. The average Bonchev–Trinajstić information content (AvgIpc) is 2.61. The van der Waals surface area contributed by atoms with Crippen LogP contribution in [0.15, 0.2) is 11.2 Å². The van der Waals surface area contributed by atoms with Crippen LogP contribution in [0.25, 0.3) is 0 Å². The van der Waals surface area contributed by atoms with Crippen LogP contribution in [0.2, 0.25) is 0 Å². The molecule has 96 valence electrons. The average molecular weight is 281 g/mol. The third kappa shape index (κ3) is 3.19. The summed E-state index contributed by atoms with van der Waals surface area (Å²) in [6.45, 7) is 5.37. The number of hydrogen-bond donors (Lipinski definition) is 0. The van der Waals surface area contributed by atoms with E-state index in [0.29, 0.717) is 0 Å². The Balaban J connectivity index is 3.32. The van der Waals surface area contributed by atoms with Crippen LogP contribution < -0.4 is 0 Å². The summed E-state index contributed by atoms with van der Waals surface area (Å²) in [5.41, 5.74) is -0.143. The zero-order valence-electron chi connectivity index (χ0n) is 9.68. The molecule has 1 aromatic rings. The van der Waals surface area contributed by atoms with Crippen molar-refractivity contribution in [3.63, 3.8) is 0 Å². The quantitative estimate of drug-likeness (QED) is 0.618. The molecule has 1 rings (SSSR count). The van der Waals surface area contributed by atoms with Gasteiger partial charge in [0.2, 0.25) is 5.03 Å². The van der Waals surface area contributed by atoms with Crippen LogP contribution in [0.5, 0.6) is 0 Å². The Labute approximate surface area is 104 Å². The lowest BCUT2D eigenvalue weighted by Gasteiger charge is -2.02. The van der Waals surface area contributed by atoms with E-state index < -0.39 is 20.0 Å². The minimum atomic E-state index is -4.07. The van der Waals surface area contributed by atoms with E-state index in [1.54, 1.807) is 20.8 Å². The number of aromatic nitrogens is 2. The van der Waals surface area contributed by atoms with Gasteiger partial charge in [0.1, 0.15) is 5.56 Å². The zero-order valence-corrected chi connectivity index (χ0v) is 11.2. The van der Waals surface area contributed by atoms with Crippen molar-refractivity contribution in [1.29, 1.82) is 0 Å². The Kier molecular flexibility index (Phi) is 4.16. The van der Waals surface area contributed by atoms with Gasteiger partial charge in [-0.3, -0.25) is 4.68 Å². The molecule has 0 saturated heterocycles. The molecule has 0 aliphatic rings. The molecule has 0 fully saturated rings. The fraction of sp³-hybridized carbons (Fsp3) is 0.556. The standard InChI is InChI=1S/C9H13ClN2O4S/c1-4-16-9(13)7-5-12(6(2)3)11-8(7)17(10,14)15/h5-6H,4H2,1-3H3. The van der Waals surface area contributed by atoms with Gasteiger partial charge >= 0.3 is 5.97 Å². The van der Waals surface area contributed by atoms with Crippen LogP contribution in [0.3, 0.4) is 0 Å². The van der Waals surface area contributed by atoms with Gasteiger partial charge in [0.25, 0.3) is 9.05 Å². The number of ether oxygens (including phenoxy) is 1. The molecule has 0 aliphatic heterocycles. The number of halogens is 1. The third-order valence-electron chi connectivity index (χ3n) is 1.95. The molecule has 0 bridgehead atoms. The van der Waals surface area contributed by atoms with Crippen LogP contribution in [0.4, 0.5) is 0 Å². The molecule has 0 atom stereocenters. The van der Waals surface area contributed by atoms with Crippen molar-refractivity contribution in [1.82, 2.24) is 9.78 Å². The van der Waals surface area contributed by atoms with Gasteiger partial charge in [-0.05, 0) is 20.8 Å². The lowest BCUT2D eigenvalue weighted by molar-refractivity contribution is 0.0522. The first-order valence-corrected chi connectivity index (χ1v) is 7.29. The van der Waals surface area contributed by atoms with E-state index in [-0.39, 0.29) is 18.2 Å². The van der Waals surface area contributed by atoms with Crippen LogP contribution >= 0.6 is 10.7 Å². The van der Waals surface area contributed by atoms with Gasteiger partial charge in [-0.15, -0.1) is 0 Å². The van der Waals surface area contributed by atoms with Crippen molar-refractivity contribution in [2.24, 2.45) is 0 Å². The van der Waals surface area contributed by atoms with Gasteiger partial charge < -0.3 is 4.74 Å². The number of carbonyl (C=O) groups excluding carboxylic acids is 1. The molecule has 0 N–H and O–H groups in total. The molecular formula is C9H13ClN2O4S. The Hall–Kier alpha value is -1.08. The summed E-state index contributed by atoms with van der Waals surface area (Å²) in [7, 11) is 1.14. The van der Waals surface area contributed by atoms with Gasteiger partial charge in [0, 0.05) is 22.9 Å². The molecule has 17 heavy (non-hydrogen) atoms. The smallest absolute Gasteiger partial charge is 0.342 e. The Morgan fingerprint density at radius 1 is 1.59 bits per heavy atom. The second kappa shape index (κ2) is 5.05. The molecule has 8 heteroatoms. The second-order valence-corrected chi connectivity index (χ2v) is 6.06. The van der Waals surface area contributed by atoms with Crippen LogP contribution in [-0.2, 0) is 13.8 Å². The summed E-state index contributed by atoms with van der Waals surface area (Å²) in [4.78, 5) is 11.5. The van der Waals surface area contributed by atoms with Crippen molar-refractivity contribution >= 4 is 25.7 Å². The number of nitrogens with zero attached hydrogens (tertiary/aromatic N) is 2. The molecule has 0 saturated carbocycles. The van der Waals surface area contributed by atoms with Gasteiger partial charge in [-0.25, -0.2) is 13.2 Å². The topological polar surface area (TPSA) is 78.3 Å². The van der Waals surface area contributed by atoms with E-state index in [2.05, 4.69) is 5.10 Å². The summed E-state index contributed by atoms with van der Waals surface area (Å²) in [5.74, 6) is -0.751. The maximum absolute atomic E-state index is 11.5. The molecule has 0 unspecified atom stereocenters. The predicted molar refractivity (Wildman–Crippen MR) is 61.6 cm³/mol. The van der Waals surface area contributed by atoms with Crippen LogP contribution in [-0.4, -0.2) is 30.8 Å². The molecule has 6 nitrogen and oxygen atoms in total. The predicted octanol–water partition coefficient (Wildman–Crippen LogP) is 1.57. The molecule has 1 heterocycles. The number of rotatable bonds is 4. The second-order valence-electron chi connectivity index (χ2n) is 3.58. The first-order valence-electron chi connectivity index (χ1n) is 4.98. The molecule has 0 radical (unpaired) electrons. The van der Waals surface area contributed by atoms with E-state index in [4.69, 9.17) is 15.4 Å². The van der Waals surface area contributed by atoms with E-state index in [9.17, 15) is 13.2 Å². The van der Waals surface area contributed by atoms with Crippen molar-refractivity contribution in [2.45, 2.75) is 31.8 Å². The van der Waals surface area contributed by atoms with Crippen molar-refractivity contribution < 1.29 is 17.9 Å². The van der Waals surface area contributed by atoms with Gasteiger partial charge in [0.05, 0.1) is 6.61 Å². The largest absolute Gasteiger partial charge is 0.462 e. The fourth-order valence-corrected chi connectivity index (χ4v) is 2.10. The first kappa shape index (κ1) is 14.0. The SMILES string of the molecule is CCOC(=O)c1cn(C(C)C)nc1S(=O)(=O)Cl. The Morgan fingerprint density at radius 2 is 2.18 bits per heavy atom. The molecule has 0 amide bonds. The third-order valence-corrected chi connectivity index (χ3v) is 3.16. The molecular weight excluding hydrogens is 268 g/mol. The van der Waals surface area contributed by atoms with Crippen LogP contribution in [0, 0.1) is 0 Å². The summed E-state index contributed by atoms with van der Waals surface area (Å²) >= 11 is 0. The molecule has 1 aromatic heterocycles. The van der Waals surface area contributed by atoms with E-state index in [1.807, 2.05) is 0 Å².